The molecule has 0 aromatic carbocycles. The summed E-state index contributed by atoms with van der Waals surface area (Å²) < 4.78 is 0. The molecule has 1 nitrogen and oxygen atoms in total. The Hall–Kier alpha value is -0.300. The van der Waals surface area contributed by atoms with Crippen LogP contribution in [-0.4, -0.2) is 24.5 Å². The maximum atomic E-state index is 2.44. The fraction of sp³-hybridized carbons (Fsp3) is 0.833. The summed E-state index contributed by atoms with van der Waals surface area (Å²) in [5.74, 6) is 0.828. The Morgan fingerprint density at radius 3 is 2.38 bits per heavy atom. The Bertz CT molecular complexity index is 138. The molecule has 0 saturated heterocycles. The van der Waals surface area contributed by atoms with Gasteiger partial charge < -0.3 is 0 Å². The Morgan fingerprint density at radius 1 is 1.31 bits per heavy atom. The summed E-state index contributed by atoms with van der Waals surface area (Å²) in [5.41, 5.74) is 0. The van der Waals surface area contributed by atoms with Gasteiger partial charge >= 0.3 is 0 Å². The van der Waals surface area contributed by atoms with Crippen molar-refractivity contribution in [2.24, 2.45) is 5.92 Å². The molecule has 13 heavy (non-hydrogen) atoms. The highest BCUT2D eigenvalue weighted by atomic mass is 15.1. The molecule has 0 N–H and O–H groups in total. The molecule has 0 saturated carbocycles. The first-order valence-electron chi connectivity index (χ1n) is 5.55. The molecule has 1 aliphatic rings. The van der Waals surface area contributed by atoms with Crippen molar-refractivity contribution >= 4 is 0 Å². The lowest BCUT2D eigenvalue weighted by molar-refractivity contribution is 0.224. The maximum Gasteiger partial charge on any atom is 0.0163 e. The fourth-order valence-corrected chi connectivity index (χ4v) is 1.64. The predicted octanol–water partition coefficient (Wildman–Crippen LogP) is 3.32. The van der Waals surface area contributed by atoms with Gasteiger partial charge in [-0.05, 0) is 25.8 Å². The average Bonchev–Trinajstić information content (AvgIpc) is 2.12. The van der Waals surface area contributed by atoms with Gasteiger partial charge in [0.2, 0.25) is 0 Å². The number of hydrogen-bond donors (Lipinski definition) is 0. The molecule has 78 valence electrons. The van der Waals surface area contributed by atoms with Crippen LogP contribution in [0.4, 0.5) is 0 Å². The third-order valence-corrected chi connectivity index (χ3v) is 2.34. The van der Waals surface area contributed by atoms with E-state index in [0.29, 0.717) is 0 Å². The van der Waals surface area contributed by atoms with Crippen LogP contribution < -0.4 is 0 Å². The minimum Gasteiger partial charge on any atom is -0.299 e. The lowest BCUT2D eigenvalue weighted by Crippen LogP contribution is -2.34. The van der Waals surface area contributed by atoms with Gasteiger partial charge in [-0.25, -0.2) is 0 Å². The molecule has 1 rings (SSSR count). The Morgan fingerprint density at radius 2 is 1.92 bits per heavy atom. The molecule has 1 aliphatic heterocycles. The number of hydrogen-bond acceptors (Lipinski definition) is 1. The second-order valence-electron chi connectivity index (χ2n) is 3.93. The van der Waals surface area contributed by atoms with Crippen molar-refractivity contribution in [2.45, 2.75) is 46.6 Å². The van der Waals surface area contributed by atoms with Crippen molar-refractivity contribution in [1.29, 1.82) is 0 Å². The Labute approximate surface area is 83.8 Å². The van der Waals surface area contributed by atoms with Gasteiger partial charge in [-0.15, -0.1) is 0 Å². The quantitative estimate of drug-likeness (QED) is 0.594. The van der Waals surface area contributed by atoms with E-state index in [1.165, 1.54) is 12.8 Å². The zero-order valence-corrected chi connectivity index (χ0v) is 9.88. The second-order valence-corrected chi connectivity index (χ2v) is 3.93. The topological polar surface area (TPSA) is 3.24 Å². The lowest BCUT2D eigenvalue weighted by Gasteiger charge is -2.30. The van der Waals surface area contributed by atoms with Gasteiger partial charge in [-0.1, -0.05) is 39.8 Å². The molecule has 0 aromatic heterocycles. The number of likely N-dealkylation sites (N-methyl/N-ethyl adjacent to an activating group) is 1. The highest BCUT2D eigenvalue weighted by Gasteiger charge is 2.15. The molecule has 0 aliphatic carbocycles. The summed E-state index contributed by atoms with van der Waals surface area (Å²) >= 11 is 0. The molecule has 0 aromatic rings. The van der Waals surface area contributed by atoms with E-state index in [-0.39, 0.29) is 0 Å². The van der Waals surface area contributed by atoms with E-state index in [2.05, 4.69) is 37.9 Å². The highest BCUT2D eigenvalue weighted by Crippen LogP contribution is 2.16. The van der Waals surface area contributed by atoms with Crippen molar-refractivity contribution in [3.8, 4) is 0 Å². The molecule has 0 radical (unpaired) electrons. The molecule has 0 amide bonds. The van der Waals surface area contributed by atoms with E-state index in [1.807, 2.05) is 13.8 Å². The van der Waals surface area contributed by atoms with Crippen LogP contribution in [0.5, 0.6) is 0 Å². The summed E-state index contributed by atoms with van der Waals surface area (Å²) in [6, 6.07) is 0.792. The van der Waals surface area contributed by atoms with E-state index in [0.717, 1.165) is 18.5 Å². The molecule has 1 atom stereocenters. The van der Waals surface area contributed by atoms with Crippen molar-refractivity contribution < 1.29 is 0 Å². The predicted molar refractivity (Wildman–Crippen MR) is 61.0 cm³/mol. The monoisotopic (exact) mass is 183 g/mol. The van der Waals surface area contributed by atoms with Crippen LogP contribution in [0.25, 0.3) is 0 Å². The fourth-order valence-electron chi connectivity index (χ4n) is 1.64. The van der Waals surface area contributed by atoms with Crippen molar-refractivity contribution in [3.63, 3.8) is 0 Å². The standard InChI is InChI=1S/C10H19N.C2H6/c1-9(2)8-10-6-4-5-7-11(10)3;1-2/h4-5,9-10H,6-8H2,1-3H3;1-2H3. The molecule has 1 heterocycles. The Kier molecular flexibility index (Phi) is 6.97. The molecule has 0 spiro atoms. The zero-order valence-electron chi connectivity index (χ0n) is 9.88. The molecule has 0 fully saturated rings. The van der Waals surface area contributed by atoms with Crippen molar-refractivity contribution in [3.05, 3.63) is 12.2 Å². The average molecular weight is 183 g/mol. The van der Waals surface area contributed by atoms with Crippen LogP contribution >= 0.6 is 0 Å². The third kappa shape index (κ3) is 5.09. The normalized spacial score (nSPS) is 22.8. The van der Waals surface area contributed by atoms with Gasteiger partial charge in [0.25, 0.3) is 0 Å². The molecular weight excluding hydrogens is 158 g/mol. The maximum absolute atomic E-state index is 2.44. The third-order valence-electron chi connectivity index (χ3n) is 2.34. The summed E-state index contributed by atoms with van der Waals surface area (Å²) in [5, 5.41) is 0. The molecular formula is C12H25N. The first kappa shape index (κ1) is 12.7. The smallest absolute Gasteiger partial charge is 0.0163 e. The summed E-state index contributed by atoms with van der Waals surface area (Å²) in [7, 11) is 2.22. The molecule has 1 unspecified atom stereocenters. The highest BCUT2D eigenvalue weighted by molar-refractivity contribution is 4.95. The number of nitrogens with zero attached hydrogens (tertiary/aromatic N) is 1. The van der Waals surface area contributed by atoms with Crippen LogP contribution in [0.2, 0.25) is 0 Å². The summed E-state index contributed by atoms with van der Waals surface area (Å²) in [4.78, 5) is 2.44. The van der Waals surface area contributed by atoms with Crippen molar-refractivity contribution in [1.82, 2.24) is 4.90 Å². The van der Waals surface area contributed by atoms with Gasteiger partial charge in [0, 0.05) is 12.6 Å². The van der Waals surface area contributed by atoms with Crippen molar-refractivity contribution in [2.75, 3.05) is 13.6 Å². The van der Waals surface area contributed by atoms with Gasteiger partial charge in [0.15, 0.2) is 0 Å². The van der Waals surface area contributed by atoms with Gasteiger partial charge in [0.05, 0.1) is 0 Å². The van der Waals surface area contributed by atoms with E-state index in [1.54, 1.807) is 0 Å². The lowest BCUT2D eigenvalue weighted by atomic mass is 9.98. The van der Waals surface area contributed by atoms with Crippen LogP contribution in [0.3, 0.4) is 0 Å². The van der Waals surface area contributed by atoms with Crippen LogP contribution in [-0.2, 0) is 0 Å². The largest absolute Gasteiger partial charge is 0.299 e. The van der Waals surface area contributed by atoms with Gasteiger partial charge in [-0.2, -0.15) is 0 Å². The Balaban J connectivity index is 0.000000671. The van der Waals surface area contributed by atoms with E-state index in [9.17, 15) is 0 Å². The first-order chi connectivity index (χ1) is 6.20. The minimum atomic E-state index is 0.792. The van der Waals surface area contributed by atoms with Gasteiger partial charge in [-0.3, -0.25) is 4.90 Å². The molecule has 1 heteroatoms. The zero-order chi connectivity index (χ0) is 10.3. The van der Waals surface area contributed by atoms with Crippen LogP contribution in [0.15, 0.2) is 12.2 Å². The van der Waals surface area contributed by atoms with Crippen LogP contribution in [0.1, 0.15) is 40.5 Å². The summed E-state index contributed by atoms with van der Waals surface area (Å²) in [6.07, 6.45) is 7.15. The van der Waals surface area contributed by atoms with Gasteiger partial charge in [0.1, 0.15) is 0 Å². The summed E-state index contributed by atoms with van der Waals surface area (Å²) in [6.45, 7) is 9.73. The minimum absolute atomic E-state index is 0.792. The SMILES string of the molecule is CC.CC(C)CC1CC=CCN1C. The second kappa shape index (κ2) is 7.14. The number of rotatable bonds is 2. The van der Waals surface area contributed by atoms with Crippen LogP contribution in [0, 0.1) is 5.92 Å². The van der Waals surface area contributed by atoms with E-state index in [4.69, 9.17) is 0 Å². The van der Waals surface area contributed by atoms with E-state index >= 15 is 0 Å². The van der Waals surface area contributed by atoms with E-state index < -0.39 is 0 Å². The molecule has 0 bridgehead atoms. The first-order valence-corrected chi connectivity index (χ1v) is 5.55.